The van der Waals surface area contributed by atoms with Gasteiger partial charge in [-0.25, -0.2) is 13.1 Å². The number of aliphatic hydroxyl groups is 1. The Bertz CT molecular complexity index is 301. The minimum absolute atomic E-state index is 0.102. The van der Waals surface area contributed by atoms with Gasteiger partial charge in [-0.05, 0) is 26.2 Å². The fourth-order valence-corrected chi connectivity index (χ4v) is 2.07. The first-order valence-corrected chi connectivity index (χ1v) is 6.67. The molecule has 0 saturated carbocycles. The normalized spacial score (nSPS) is 13.4. The molecule has 0 radical (unpaired) electrons. The van der Waals surface area contributed by atoms with E-state index in [1.54, 1.807) is 0 Å². The highest BCUT2D eigenvalue weighted by Crippen LogP contribution is 2.01. The second-order valence-corrected chi connectivity index (χ2v) is 5.47. The maximum absolute atomic E-state index is 11.5. The summed E-state index contributed by atoms with van der Waals surface area (Å²) in [5.74, 6) is -0.775. The summed E-state index contributed by atoms with van der Waals surface area (Å²) in [5.41, 5.74) is 0. The number of hydrogen-bond acceptors (Lipinski definition) is 5. The van der Waals surface area contributed by atoms with Gasteiger partial charge in [0.25, 0.3) is 0 Å². The monoisotopic (exact) mass is 253 g/mol. The van der Waals surface area contributed by atoms with Crippen molar-refractivity contribution in [2.24, 2.45) is 0 Å². The average molecular weight is 253 g/mol. The first kappa shape index (κ1) is 15.3. The Morgan fingerprint density at radius 3 is 2.50 bits per heavy atom. The largest absolute Gasteiger partial charge is 0.468 e. The predicted molar refractivity (Wildman–Crippen MR) is 59.3 cm³/mol. The van der Waals surface area contributed by atoms with Gasteiger partial charge in [-0.15, -0.1) is 0 Å². The molecule has 16 heavy (non-hydrogen) atoms. The van der Waals surface area contributed by atoms with E-state index in [1.165, 1.54) is 6.92 Å². The molecule has 7 heteroatoms. The van der Waals surface area contributed by atoms with Crippen LogP contribution in [0.25, 0.3) is 0 Å². The molecule has 1 atom stereocenters. The number of aliphatic hydroxyl groups excluding tert-OH is 1. The fraction of sp³-hybridized carbons (Fsp3) is 0.889. The maximum Gasteiger partial charge on any atom is 0.325 e. The molecule has 0 fully saturated rings. The number of hydrogen-bond donors (Lipinski definition) is 2. The number of sulfonamides is 1. The van der Waals surface area contributed by atoms with Gasteiger partial charge in [-0.1, -0.05) is 0 Å². The Balaban J connectivity index is 4.01. The van der Waals surface area contributed by atoms with E-state index in [0.717, 1.165) is 13.5 Å². The summed E-state index contributed by atoms with van der Waals surface area (Å²) in [7, 11) is -2.50. The van der Waals surface area contributed by atoms with Gasteiger partial charge in [-0.2, -0.15) is 0 Å². The summed E-state index contributed by atoms with van der Waals surface area (Å²) >= 11 is 0. The van der Waals surface area contributed by atoms with Crippen LogP contribution in [0.15, 0.2) is 0 Å². The molecule has 0 aliphatic heterocycles. The second-order valence-electron chi connectivity index (χ2n) is 3.39. The van der Waals surface area contributed by atoms with Crippen molar-refractivity contribution < 1.29 is 23.1 Å². The molecule has 0 amide bonds. The first-order chi connectivity index (χ1) is 7.45. The summed E-state index contributed by atoms with van der Waals surface area (Å²) in [6.45, 7) is 1.65. The number of carbonyl (C=O) groups is 1. The molecule has 0 rings (SSSR count). The Morgan fingerprint density at radius 1 is 1.38 bits per heavy atom. The van der Waals surface area contributed by atoms with Crippen molar-refractivity contribution in [3.8, 4) is 0 Å². The smallest absolute Gasteiger partial charge is 0.325 e. The van der Waals surface area contributed by atoms with Crippen LogP contribution in [0.3, 0.4) is 0 Å². The minimum atomic E-state index is -3.65. The third-order valence-corrected chi connectivity index (χ3v) is 3.87. The van der Waals surface area contributed by atoms with Gasteiger partial charge < -0.3 is 9.84 Å². The molecular weight excluding hydrogens is 234 g/mol. The lowest BCUT2D eigenvalue weighted by Gasteiger charge is -2.11. The standard InChI is InChI=1S/C9H19NO5S/c1-8(9(12)15-2)16(13,14)10-6-4-3-5-7-11/h8,10-11H,3-7H2,1-2H3. The number of ether oxygens (including phenoxy) is 1. The molecule has 0 aromatic carbocycles. The average Bonchev–Trinajstić information content (AvgIpc) is 2.26. The molecule has 0 saturated heterocycles. The number of esters is 1. The van der Waals surface area contributed by atoms with E-state index in [-0.39, 0.29) is 13.2 Å². The van der Waals surface area contributed by atoms with Crippen molar-refractivity contribution in [3.05, 3.63) is 0 Å². The SMILES string of the molecule is COC(=O)C(C)S(=O)(=O)NCCCCCO. The van der Waals surface area contributed by atoms with Crippen LogP contribution >= 0.6 is 0 Å². The summed E-state index contributed by atoms with van der Waals surface area (Å²) in [5, 5.41) is 7.32. The molecule has 1 unspecified atom stereocenters. The third-order valence-electron chi connectivity index (χ3n) is 2.14. The van der Waals surface area contributed by atoms with Gasteiger partial charge in [0.05, 0.1) is 7.11 Å². The Kier molecular flexibility index (Phi) is 7.27. The highest BCUT2D eigenvalue weighted by Gasteiger charge is 2.27. The molecule has 0 aromatic rings. The first-order valence-electron chi connectivity index (χ1n) is 5.13. The molecule has 0 bridgehead atoms. The zero-order chi connectivity index (χ0) is 12.6. The van der Waals surface area contributed by atoms with Crippen LogP contribution in [-0.4, -0.2) is 45.0 Å². The highest BCUT2D eigenvalue weighted by atomic mass is 32.2. The van der Waals surface area contributed by atoms with Gasteiger partial charge >= 0.3 is 5.97 Å². The zero-order valence-corrected chi connectivity index (χ0v) is 10.4. The lowest BCUT2D eigenvalue weighted by molar-refractivity contribution is -0.139. The van der Waals surface area contributed by atoms with Crippen LogP contribution in [0.4, 0.5) is 0 Å². The molecule has 0 aliphatic carbocycles. The van der Waals surface area contributed by atoms with E-state index >= 15 is 0 Å². The quantitative estimate of drug-likeness (QED) is 0.455. The molecule has 0 aliphatic rings. The van der Waals surface area contributed by atoms with Crippen molar-refractivity contribution >= 4 is 16.0 Å². The van der Waals surface area contributed by atoms with Crippen LogP contribution in [-0.2, 0) is 19.6 Å². The van der Waals surface area contributed by atoms with E-state index in [2.05, 4.69) is 9.46 Å². The van der Waals surface area contributed by atoms with Gasteiger partial charge in [0.2, 0.25) is 10.0 Å². The van der Waals surface area contributed by atoms with Crippen molar-refractivity contribution in [2.45, 2.75) is 31.4 Å². The predicted octanol–water partition coefficient (Wildman–Crippen LogP) is -0.370. The molecule has 0 spiro atoms. The van der Waals surface area contributed by atoms with E-state index in [9.17, 15) is 13.2 Å². The molecule has 0 aromatic heterocycles. The summed E-state index contributed by atoms with van der Waals surface area (Å²) < 4.78 is 29.7. The van der Waals surface area contributed by atoms with Crippen LogP contribution in [0.1, 0.15) is 26.2 Å². The van der Waals surface area contributed by atoms with Gasteiger partial charge in [0.1, 0.15) is 0 Å². The number of rotatable bonds is 8. The van der Waals surface area contributed by atoms with Gasteiger partial charge in [0, 0.05) is 13.2 Å². The van der Waals surface area contributed by atoms with Gasteiger partial charge in [0.15, 0.2) is 5.25 Å². The minimum Gasteiger partial charge on any atom is -0.468 e. The van der Waals surface area contributed by atoms with E-state index in [4.69, 9.17) is 5.11 Å². The molecule has 0 heterocycles. The number of nitrogens with one attached hydrogen (secondary N) is 1. The van der Waals surface area contributed by atoms with Crippen LogP contribution in [0.2, 0.25) is 0 Å². The highest BCUT2D eigenvalue weighted by molar-refractivity contribution is 7.90. The van der Waals surface area contributed by atoms with E-state index in [0.29, 0.717) is 12.8 Å². The number of methoxy groups -OCH3 is 1. The third kappa shape index (κ3) is 5.43. The van der Waals surface area contributed by atoms with Crippen molar-refractivity contribution in [3.63, 3.8) is 0 Å². The lowest BCUT2D eigenvalue weighted by atomic mass is 10.2. The maximum atomic E-state index is 11.5. The van der Waals surface area contributed by atoms with Crippen molar-refractivity contribution in [1.29, 1.82) is 0 Å². The van der Waals surface area contributed by atoms with Gasteiger partial charge in [-0.3, -0.25) is 4.79 Å². The van der Waals surface area contributed by atoms with Crippen molar-refractivity contribution in [1.82, 2.24) is 4.72 Å². The van der Waals surface area contributed by atoms with Crippen molar-refractivity contribution in [2.75, 3.05) is 20.3 Å². The Hall–Kier alpha value is -0.660. The summed E-state index contributed by atoms with van der Waals surface area (Å²) in [4.78, 5) is 11.0. The second kappa shape index (κ2) is 7.59. The van der Waals surface area contributed by atoms with E-state index < -0.39 is 21.2 Å². The molecular formula is C9H19NO5S. The van der Waals surface area contributed by atoms with E-state index in [1.807, 2.05) is 0 Å². The Labute approximate surface area is 96.0 Å². The topological polar surface area (TPSA) is 92.7 Å². The molecule has 6 nitrogen and oxygen atoms in total. The zero-order valence-electron chi connectivity index (χ0n) is 9.60. The summed E-state index contributed by atoms with van der Waals surface area (Å²) in [6.07, 6.45) is 2.02. The molecule has 2 N–H and O–H groups in total. The van der Waals surface area contributed by atoms with Crippen LogP contribution in [0.5, 0.6) is 0 Å². The fourth-order valence-electron chi connectivity index (χ4n) is 1.05. The lowest BCUT2D eigenvalue weighted by Crippen LogP contribution is -2.38. The van der Waals surface area contributed by atoms with Crippen LogP contribution in [0, 0.1) is 0 Å². The number of carbonyl (C=O) groups excluding carboxylic acids is 1. The number of unbranched alkanes of at least 4 members (excludes halogenated alkanes) is 2. The summed E-state index contributed by atoms with van der Waals surface area (Å²) in [6, 6.07) is 0. The van der Waals surface area contributed by atoms with Crippen LogP contribution < -0.4 is 4.72 Å². The molecule has 96 valence electrons. The Morgan fingerprint density at radius 2 is 2.00 bits per heavy atom.